The van der Waals surface area contributed by atoms with Crippen LogP contribution < -0.4 is 17.0 Å². The molecule has 10 heteroatoms. The SMILES string of the molecule is NC(=O)CCS(=O)(=O)CCSc1nc(N)cc(=O)[nH]1. The minimum atomic E-state index is -3.34. The molecular formula is C9H14N4O4S2. The fraction of sp³-hybridized carbons (Fsp3) is 0.444. The number of anilines is 1. The zero-order valence-electron chi connectivity index (χ0n) is 9.96. The fourth-order valence-electron chi connectivity index (χ4n) is 1.15. The van der Waals surface area contributed by atoms with Gasteiger partial charge < -0.3 is 16.5 Å². The van der Waals surface area contributed by atoms with E-state index in [1.54, 1.807) is 0 Å². The van der Waals surface area contributed by atoms with Gasteiger partial charge in [-0.2, -0.15) is 0 Å². The Morgan fingerprint density at radius 3 is 2.68 bits per heavy atom. The van der Waals surface area contributed by atoms with Crippen molar-refractivity contribution < 1.29 is 13.2 Å². The normalized spacial score (nSPS) is 11.4. The molecule has 8 nitrogen and oxygen atoms in total. The van der Waals surface area contributed by atoms with Crippen LogP contribution in [0.4, 0.5) is 5.82 Å². The second-order valence-corrected chi connectivity index (χ2v) is 7.08. The van der Waals surface area contributed by atoms with Crippen molar-refractivity contribution in [3.63, 3.8) is 0 Å². The minimum Gasteiger partial charge on any atom is -0.383 e. The van der Waals surface area contributed by atoms with Crippen LogP contribution in [0.25, 0.3) is 0 Å². The van der Waals surface area contributed by atoms with E-state index in [1.807, 2.05) is 0 Å². The first-order chi connectivity index (χ1) is 8.78. The number of thioether (sulfide) groups is 1. The third kappa shape index (κ3) is 6.25. The van der Waals surface area contributed by atoms with E-state index >= 15 is 0 Å². The second-order valence-electron chi connectivity index (χ2n) is 3.69. The summed E-state index contributed by atoms with van der Waals surface area (Å²) in [4.78, 5) is 27.9. The number of hydrogen-bond donors (Lipinski definition) is 3. The lowest BCUT2D eigenvalue weighted by molar-refractivity contribution is -0.117. The van der Waals surface area contributed by atoms with Gasteiger partial charge in [-0.25, -0.2) is 13.4 Å². The number of aromatic nitrogens is 2. The van der Waals surface area contributed by atoms with Gasteiger partial charge in [0, 0.05) is 18.2 Å². The summed E-state index contributed by atoms with van der Waals surface area (Å²) in [5.74, 6) is -0.790. The summed E-state index contributed by atoms with van der Waals surface area (Å²) in [5, 5.41) is 0.259. The molecule has 5 N–H and O–H groups in total. The second kappa shape index (κ2) is 6.57. The Balaban J connectivity index is 2.49. The Morgan fingerprint density at radius 1 is 1.42 bits per heavy atom. The molecule has 1 amide bonds. The first-order valence-corrected chi connectivity index (χ1v) is 8.07. The number of hydrogen-bond acceptors (Lipinski definition) is 7. The molecule has 0 unspecified atom stereocenters. The highest BCUT2D eigenvalue weighted by atomic mass is 32.2. The number of carbonyl (C=O) groups excluding carboxylic acids is 1. The number of primary amides is 1. The number of nitrogens with zero attached hydrogens (tertiary/aromatic N) is 1. The summed E-state index contributed by atoms with van der Waals surface area (Å²) >= 11 is 1.07. The molecule has 1 aromatic rings. The number of H-pyrrole nitrogens is 1. The number of carbonyl (C=O) groups is 1. The lowest BCUT2D eigenvalue weighted by Gasteiger charge is -2.03. The van der Waals surface area contributed by atoms with E-state index < -0.39 is 21.3 Å². The summed E-state index contributed by atoms with van der Waals surface area (Å²) in [5.41, 5.74) is 9.87. The predicted molar refractivity (Wildman–Crippen MR) is 72.5 cm³/mol. The zero-order valence-corrected chi connectivity index (χ0v) is 11.6. The van der Waals surface area contributed by atoms with Crippen LogP contribution in [0.2, 0.25) is 0 Å². The molecule has 0 spiro atoms. The molecule has 0 bridgehead atoms. The molecule has 0 radical (unpaired) electrons. The van der Waals surface area contributed by atoms with E-state index in [4.69, 9.17) is 11.5 Å². The van der Waals surface area contributed by atoms with Gasteiger partial charge in [-0.3, -0.25) is 9.59 Å². The molecule has 0 aliphatic rings. The summed E-state index contributed by atoms with van der Waals surface area (Å²) in [7, 11) is -3.34. The fourth-order valence-corrected chi connectivity index (χ4v) is 3.75. The molecule has 19 heavy (non-hydrogen) atoms. The molecule has 0 fully saturated rings. The highest BCUT2D eigenvalue weighted by Gasteiger charge is 2.12. The van der Waals surface area contributed by atoms with E-state index in [0.717, 1.165) is 17.8 Å². The van der Waals surface area contributed by atoms with Crippen molar-refractivity contribution >= 4 is 33.3 Å². The Bertz CT molecular complexity index is 611. The maximum atomic E-state index is 11.5. The van der Waals surface area contributed by atoms with Crippen molar-refractivity contribution in [3.8, 4) is 0 Å². The lowest BCUT2D eigenvalue weighted by Crippen LogP contribution is -2.20. The van der Waals surface area contributed by atoms with Crippen molar-refractivity contribution in [2.75, 3.05) is 23.0 Å². The standard InChI is InChI=1S/C9H14N4O4S2/c10-6-5-8(15)13-9(12-6)18-2-4-19(16,17)3-1-7(11)14/h5H,1-4H2,(H2,11,14)(H3,10,12,13,15). The molecule has 0 aliphatic heterocycles. The monoisotopic (exact) mass is 306 g/mol. The zero-order chi connectivity index (χ0) is 14.5. The summed E-state index contributed by atoms with van der Waals surface area (Å²) in [6.45, 7) is 0. The van der Waals surface area contributed by atoms with Crippen LogP contribution in [0.15, 0.2) is 16.0 Å². The van der Waals surface area contributed by atoms with E-state index in [9.17, 15) is 18.0 Å². The van der Waals surface area contributed by atoms with Gasteiger partial charge >= 0.3 is 0 Å². The van der Waals surface area contributed by atoms with Gasteiger partial charge in [0.15, 0.2) is 15.0 Å². The van der Waals surface area contributed by atoms with Crippen LogP contribution >= 0.6 is 11.8 Å². The number of nitrogens with two attached hydrogens (primary N) is 2. The van der Waals surface area contributed by atoms with Gasteiger partial charge in [-0.15, -0.1) is 0 Å². The Hall–Kier alpha value is -1.55. The molecule has 0 atom stereocenters. The van der Waals surface area contributed by atoms with Crippen molar-refractivity contribution in [1.29, 1.82) is 0 Å². The predicted octanol–water partition coefficient (Wildman–Crippen LogP) is -1.27. The van der Waals surface area contributed by atoms with Crippen LogP contribution in [-0.4, -0.2) is 41.6 Å². The van der Waals surface area contributed by atoms with Crippen molar-refractivity contribution in [2.24, 2.45) is 5.73 Å². The number of amides is 1. The molecule has 1 aromatic heterocycles. The van der Waals surface area contributed by atoms with Crippen LogP contribution in [-0.2, 0) is 14.6 Å². The largest absolute Gasteiger partial charge is 0.383 e. The first-order valence-electron chi connectivity index (χ1n) is 5.27. The average molecular weight is 306 g/mol. The van der Waals surface area contributed by atoms with E-state index in [0.29, 0.717) is 0 Å². The Kier molecular flexibility index (Phi) is 5.36. The molecule has 0 saturated heterocycles. The topological polar surface area (TPSA) is 149 Å². The first kappa shape index (κ1) is 15.5. The number of nitrogen functional groups attached to an aromatic ring is 1. The number of sulfone groups is 1. The Labute approximate surface area is 113 Å². The van der Waals surface area contributed by atoms with Crippen molar-refractivity contribution in [1.82, 2.24) is 9.97 Å². The van der Waals surface area contributed by atoms with Crippen LogP contribution in [0.3, 0.4) is 0 Å². The molecule has 1 heterocycles. The van der Waals surface area contributed by atoms with E-state index in [-0.39, 0.29) is 34.7 Å². The molecule has 0 aromatic carbocycles. The van der Waals surface area contributed by atoms with E-state index in [2.05, 4.69) is 9.97 Å². The molecule has 0 saturated carbocycles. The van der Waals surface area contributed by atoms with E-state index in [1.165, 1.54) is 0 Å². The molecule has 0 aliphatic carbocycles. The number of nitrogens with one attached hydrogen (secondary N) is 1. The highest BCUT2D eigenvalue weighted by molar-refractivity contribution is 8.00. The minimum absolute atomic E-state index is 0.0721. The summed E-state index contributed by atoms with van der Waals surface area (Å²) < 4.78 is 23.0. The number of aromatic amines is 1. The van der Waals surface area contributed by atoms with Gasteiger partial charge in [-0.05, 0) is 0 Å². The molecular weight excluding hydrogens is 292 g/mol. The van der Waals surface area contributed by atoms with Gasteiger partial charge in [0.2, 0.25) is 5.91 Å². The van der Waals surface area contributed by atoms with Crippen molar-refractivity contribution in [2.45, 2.75) is 11.6 Å². The lowest BCUT2D eigenvalue weighted by atomic mass is 10.5. The van der Waals surface area contributed by atoms with Crippen LogP contribution in [0.5, 0.6) is 0 Å². The molecule has 106 valence electrons. The Morgan fingerprint density at radius 2 is 2.11 bits per heavy atom. The summed E-state index contributed by atoms with van der Waals surface area (Å²) in [6, 6.07) is 1.13. The maximum absolute atomic E-state index is 11.5. The average Bonchev–Trinajstić information content (AvgIpc) is 2.25. The third-order valence-corrected chi connectivity index (χ3v) is 4.82. The highest BCUT2D eigenvalue weighted by Crippen LogP contribution is 2.12. The third-order valence-electron chi connectivity index (χ3n) is 2.03. The van der Waals surface area contributed by atoms with Crippen molar-refractivity contribution in [3.05, 3.63) is 16.4 Å². The van der Waals surface area contributed by atoms with Gasteiger partial charge in [0.25, 0.3) is 5.56 Å². The summed E-state index contributed by atoms with van der Waals surface area (Å²) in [6.07, 6.45) is -0.194. The van der Waals surface area contributed by atoms with Crippen LogP contribution in [0, 0.1) is 0 Å². The van der Waals surface area contributed by atoms with Gasteiger partial charge in [0.05, 0.1) is 11.5 Å². The quantitative estimate of drug-likeness (QED) is 0.420. The van der Waals surface area contributed by atoms with Gasteiger partial charge in [0.1, 0.15) is 5.82 Å². The van der Waals surface area contributed by atoms with Crippen LogP contribution in [0.1, 0.15) is 6.42 Å². The van der Waals surface area contributed by atoms with Gasteiger partial charge in [-0.1, -0.05) is 11.8 Å². The smallest absolute Gasteiger partial charge is 0.253 e. The number of rotatable bonds is 7. The molecule has 1 rings (SSSR count). The maximum Gasteiger partial charge on any atom is 0.253 e.